The van der Waals surface area contributed by atoms with E-state index in [1.165, 1.54) is 6.33 Å². The van der Waals surface area contributed by atoms with Crippen molar-refractivity contribution in [3.05, 3.63) is 24.7 Å². The van der Waals surface area contributed by atoms with Crippen molar-refractivity contribution in [3.63, 3.8) is 0 Å². The summed E-state index contributed by atoms with van der Waals surface area (Å²) in [5.74, 6) is -2.05. The Morgan fingerprint density at radius 1 is 1.16 bits per heavy atom. The molecule has 0 aromatic carbocycles. The summed E-state index contributed by atoms with van der Waals surface area (Å²) in [7, 11) is 0. The van der Waals surface area contributed by atoms with Crippen molar-refractivity contribution in [3.8, 4) is 0 Å². The predicted molar refractivity (Wildman–Crippen MR) is 88.4 cm³/mol. The number of likely N-dealkylation sites (tertiary alicyclic amines) is 1. The van der Waals surface area contributed by atoms with Crippen LogP contribution in [0.15, 0.2) is 24.7 Å². The topological polar surface area (TPSA) is 62.2 Å². The molecule has 2 aromatic rings. The number of hydrogen-bond acceptors (Lipinski definition) is 5. The highest BCUT2D eigenvalue weighted by atomic mass is 19.3. The van der Waals surface area contributed by atoms with Crippen molar-refractivity contribution in [2.75, 3.05) is 31.1 Å². The van der Waals surface area contributed by atoms with Gasteiger partial charge in [-0.15, -0.1) is 0 Å². The molecular weight excluding hydrogens is 328 g/mol. The Labute approximate surface area is 143 Å². The minimum absolute atomic E-state index is 0.0190. The van der Waals surface area contributed by atoms with Crippen LogP contribution in [0.25, 0.3) is 11.0 Å². The van der Waals surface area contributed by atoms with Crippen LogP contribution in [0.1, 0.15) is 19.3 Å². The average Bonchev–Trinajstić information content (AvgIpc) is 3.10. The Morgan fingerprint density at radius 2 is 1.96 bits per heavy atom. The maximum absolute atomic E-state index is 13.3. The first-order valence-electron chi connectivity index (χ1n) is 8.51. The van der Waals surface area contributed by atoms with Gasteiger partial charge in [0.15, 0.2) is 5.65 Å². The van der Waals surface area contributed by atoms with Gasteiger partial charge in [-0.05, 0) is 18.6 Å². The van der Waals surface area contributed by atoms with Crippen LogP contribution in [0.2, 0.25) is 0 Å². The van der Waals surface area contributed by atoms with Gasteiger partial charge < -0.3 is 9.80 Å². The third-order valence-corrected chi connectivity index (χ3v) is 5.03. The number of rotatable bonds is 2. The molecule has 2 aliphatic rings. The molecule has 0 saturated carbocycles. The van der Waals surface area contributed by atoms with Crippen molar-refractivity contribution in [2.45, 2.75) is 25.2 Å². The normalized spacial score (nSPS) is 23.2. The molecule has 8 heteroatoms. The number of hydrogen-bond donors (Lipinski definition) is 0. The van der Waals surface area contributed by atoms with Gasteiger partial charge in [0.2, 0.25) is 5.91 Å². The molecule has 1 amide bonds. The monoisotopic (exact) mass is 347 g/mol. The van der Waals surface area contributed by atoms with E-state index in [4.69, 9.17) is 0 Å². The van der Waals surface area contributed by atoms with Gasteiger partial charge in [-0.1, -0.05) is 0 Å². The molecule has 2 aliphatic heterocycles. The standard InChI is InChI=1S/C17H19F2N5O/c18-17(19)4-8-23(9-5-17)16(25)12-3-7-24(10-12)15-13-2-1-6-20-14(13)21-11-22-15/h1-2,6,11-12H,3-5,7-10H2. The fraction of sp³-hybridized carbons (Fsp3) is 0.529. The third kappa shape index (κ3) is 3.12. The van der Waals surface area contributed by atoms with E-state index in [1.54, 1.807) is 11.1 Å². The number of amides is 1. The first kappa shape index (κ1) is 16.1. The molecule has 0 radical (unpaired) electrons. The van der Waals surface area contributed by atoms with Crippen LogP contribution in [0.5, 0.6) is 0 Å². The maximum atomic E-state index is 13.3. The van der Waals surface area contributed by atoms with E-state index in [2.05, 4.69) is 19.9 Å². The highest BCUT2D eigenvalue weighted by Crippen LogP contribution is 2.31. The second-order valence-corrected chi connectivity index (χ2v) is 6.68. The molecule has 0 aliphatic carbocycles. The summed E-state index contributed by atoms with van der Waals surface area (Å²) in [6.45, 7) is 1.54. The number of aromatic nitrogens is 3. The Kier molecular flexibility index (Phi) is 3.97. The minimum atomic E-state index is -2.63. The van der Waals surface area contributed by atoms with Crippen LogP contribution in [0.3, 0.4) is 0 Å². The molecule has 1 atom stereocenters. The molecule has 2 aromatic heterocycles. The smallest absolute Gasteiger partial charge is 0.251 e. The van der Waals surface area contributed by atoms with Gasteiger partial charge in [0.1, 0.15) is 12.1 Å². The molecule has 0 spiro atoms. The molecule has 0 bridgehead atoms. The lowest BCUT2D eigenvalue weighted by Crippen LogP contribution is -2.45. The number of anilines is 1. The van der Waals surface area contributed by atoms with Crippen molar-refractivity contribution in [1.29, 1.82) is 0 Å². The summed E-state index contributed by atoms with van der Waals surface area (Å²) in [6, 6.07) is 3.75. The Bertz CT molecular complexity index is 784. The lowest BCUT2D eigenvalue weighted by atomic mass is 10.0. The number of alkyl halides is 2. The van der Waals surface area contributed by atoms with Crippen LogP contribution < -0.4 is 4.90 Å². The second-order valence-electron chi connectivity index (χ2n) is 6.68. The Hall–Kier alpha value is -2.38. The Balaban J connectivity index is 1.47. The van der Waals surface area contributed by atoms with Crippen molar-refractivity contribution in [1.82, 2.24) is 19.9 Å². The lowest BCUT2D eigenvalue weighted by molar-refractivity contribution is -0.140. The second kappa shape index (κ2) is 6.16. The molecule has 0 N–H and O–H groups in total. The summed E-state index contributed by atoms with van der Waals surface area (Å²) < 4.78 is 26.6. The van der Waals surface area contributed by atoms with E-state index >= 15 is 0 Å². The molecule has 132 valence electrons. The molecule has 4 heterocycles. The first-order valence-corrected chi connectivity index (χ1v) is 8.51. The molecule has 1 unspecified atom stereocenters. The van der Waals surface area contributed by atoms with Gasteiger partial charge >= 0.3 is 0 Å². The van der Waals surface area contributed by atoms with Gasteiger partial charge in [-0.25, -0.2) is 23.7 Å². The fourth-order valence-electron chi connectivity index (χ4n) is 3.60. The molecule has 25 heavy (non-hydrogen) atoms. The van der Waals surface area contributed by atoms with Crippen LogP contribution in [-0.4, -0.2) is 57.9 Å². The van der Waals surface area contributed by atoms with E-state index in [0.29, 0.717) is 25.2 Å². The number of halogens is 2. The summed E-state index contributed by atoms with van der Waals surface area (Å²) in [5.41, 5.74) is 0.625. The number of fused-ring (bicyclic) bond motifs is 1. The summed E-state index contributed by atoms with van der Waals surface area (Å²) in [5, 5.41) is 0.857. The highest BCUT2D eigenvalue weighted by Gasteiger charge is 2.39. The van der Waals surface area contributed by atoms with Gasteiger partial charge in [-0.3, -0.25) is 4.79 Å². The van der Waals surface area contributed by atoms with Gasteiger partial charge in [0.25, 0.3) is 5.92 Å². The number of nitrogens with zero attached hydrogens (tertiary/aromatic N) is 5. The van der Waals surface area contributed by atoms with Crippen LogP contribution >= 0.6 is 0 Å². The van der Waals surface area contributed by atoms with E-state index in [1.807, 2.05) is 12.1 Å². The number of piperidine rings is 1. The van der Waals surface area contributed by atoms with E-state index in [0.717, 1.165) is 11.2 Å². The maximum Gasteiger partial charge on any atom is 0.251 e. The van der Waals surface area contributed by atoms with E-state index in [-0.39, 0.29) is 37.8 Å². The minimum Gasteiger partial charge on any atom is -0.355 e. The average molecular weight is 347 g/mol. The highest BCUT2D eigenvalue weighted by molar-refractivity contribution is 5.87. The molecule has 2 fully saturated rings. The zero-order chi connectivity index (χ0) is 17.4. The quantitative estimate of drug-likeness (QED) is 0.833. The summed E-state index contributed by atoms with van der Waals surface area (Å²) in [4.78, 5) is 29.1. The van der Waals surface area contributed by atoms with Crippen molar-refractivity contribution >= 4 is 22.8 Å². The molecular formula is C17H19F2N5O. The van der Waals surface area contributed by atoms with Crippen LogP contribution in [0, 0.1) is 5.92 Å². The fourth-order valence-corrected chi connectivity index (χ4v) is 3.60. The lowest BCUT2D eigenvalue weighted by Gasteiger charge is -2.33. The largest absolute Gasteiger partial charge is 0.355 e. The predicted octanol–water partition coefficient (Wildman–Crippen LogP) is 2.11. The number of carbonyl (C=O) groups excluding carboxylic acids is 1. The first-order chi connectivity index (χ1) is 12.0. The van der Waals surface area contributed by atoms with Gasteiger partial charge in [-0.2, -0.15) is 0 Å². The van der Waals surface area contributed by atoms with Gasteiger partial charge in [0, 0.05) is 45.2 Å². The van der Waals surface area contributed by atoms with Crippen LogP contribution in [-0.2, 0) is 4.79 Å². The zero-order valence-corrected chi connectivity index (χ0v) is 13.7. The number of pyridine rings is 1. The third-order valence-electron chi connectivity index (χ3n) is 5.03. The summed E-state index contributed by atoms with van der Waals surface area (Å²) >= 11 is 0. The Morgan fingerprint density at radius 3 is 2.76 bits per heavy atom. The molecule has 4 rings (SSSR count). The van der Waals surface area contributed by atoms with Crippen molar-refractivity contribution < 1.29 is 13.6 Å². The van der Waals surface area contributed by atoms with Crippen molar-refractivity contribution in [2.24, 2.45) is 5.92 Å². The zero-order valence-electron chi connectivity index (χ0n) is 13.7. The van der Waals surface area contributed by atoms with E-state index < -0.39 is 5.92 Å². The molecule has 2 saturated heterocycles. The SMILES string of the molecule is O=C(C1CCN(c2ncnc3ncccc23)C1)N1CCC(F)(F)CC1. The van der Waals surface area contributed by atoms with E-state index in [9.17, 15) is 13.6 Å². The van der Waals surface area contributed by atoms with Crippen LogP contribution in [0.4, 0.5) is 14.6 Å². The number of carbonyl (C=O) groups is 1. The van der Waals surface area contributed by atoms with Gasteiger partial charge in [0.05, 0.1) is 11.3 Å². The molecule has 6 nitrogen and oxygen atoms in total. The summed E-state index contributed by atoms with van der Waals surface area (Å²) in [6.07, 6.45) is 3.39.